The van der Waals surface area contributed by atoms with Crippen LogP contribution in [0.5, 0.6) is 0 Å². The van der Waals surface area contributed by atoms with E-state index in [2.05, 4.69) is 10.4 Å². The molecule has 2 heterocycles. The third-order valence-electron chi connectivity index (χ3n) is 4.38. The molecule has 0 aliphatic heterocycles. The van der Waals surface area contributed by atoms with Gasteiger partial charge in [0.05, 0.1) is 17.8 Å². The van der Waals surface area contributed by atoms with E-state index in [1.807, 2.05) is 20.9 Å². The van der Waals surface area contributed by atoms with Crippen molar-refractivity contribution in [3.05, 3.63) is 52.3 Å². The molecule has 0 spiro atoms. The van der Waals surface area contributed by atoms with Crippen molar-refractivity contribution in [3.8, 4) is 0 Å². The fourth-order valence-corrected chi connectivity index (χ4v) is 2.82. The van der Waals surface area contributed by atoms with E-state index < -0.39 is 11.8 Å². The molecule has 0 bridgehead atoms. The van der Waals surface area contributed by atoms with Crippen LogP contribution in [-0.4, -0.2) is 20.3 Å². The van der Waals surface area contributed by atoms with Gasteiger partial charge in [-0.2, -0.15) is 5.10 Å². The molecule has 0 unspecified atom stereocenters. The lowest BCUT2D eigenvalue weighted by molar-refractivity contribution is -0.124. The van der Waals surface area contributed by atoms with Crippen LogP contribution in [-0.2, 0) is 11.8 Å². The first kappa shape index (κ1) is 16.0. The Labute approximate surface area is 138 Å². The number of aromatic nitrogens is 3. The summed E-state index contributed by atoms with van der Waals surface area (Å²) in [6.45, 7) is 5.52. The molecule has 2 atom stereocenters. The predicted octanol–water partition coefficient (Wildman–Crippen LogP) is 2.07. The number of carbonyl (C=O) groups excluding carboxylic acids is 1. The second kappa shape index (κ2) is 5.99. The molecule has 0 fully saturated rings. The molecule has 24 heavy (non-hydrogen) atoms. The third kappa shape index (κ3) is 2.62. The summed E-state index contributed by atoms with van der Waals surface area (Å²) in [6, 6.07) is 6.18. The second-order valence-corrected chi connectivity index (χ2v) is 5.92. The number of nitrogens with one attached hydrogen (secondary N) is 1. The zero-order valence-electron chi connectivity index (χ0n) is 14.1. The van der Waals surface area contributed by atoms with Gasteiger partial charge in [-0.05, 0) is 32.9 Å². The van der Waals surface area contributed by atoms with Gasteiger partial charge in [-0.1, -0.05) is 12.1 Å². The summed E-state index contributed by atoms with van der Waals surface area (Å²) in [5, 5.41) is 7.13. The van der Waals surface area contributed by atoms with E-state index in [1.54, 1.807) is 42.1 Å². The van der Waals surface area contributed by atoms with Gasteiger partial charge in [0.15, 0.2) is 5.58 Å². The Morgan fingerprint density at radius 3 is 2.67 bits per heavy atom. The van der Waals surface area contributed by atoms with Crippen molar-refractivity contribution >= 4 is 17.0 Å². The van der Waals surface area contributed by atoms with E-state index >= 15 is 0 Å². The van der Waals surface area contributed by atoms with Gasteiger partial charge in [0.2, 0.25) is 5.91 Å². The second-order valence-electron chi connectivity index (χ2n) is 5.92. The van der Waals surface area contributed by atoms with Crippen molar-refractivity contribution < 1.29 is 9.21 Å². The molecule has 0 aliphatic rings. The van der Waals surface area contributed by atoms with E-state index in [1.165, 1.54) is 4.57 Å². The van der Waals surface area contributed by atoms with E-state index in [-0.39, 0.29) is 11.9 Å². The molecule has 1 N–H and O–H groups in total. The summed E-state index contributed by atoms with van der Waals surface area (Å²) in [7, 11) is 1.85. The van der Waals surface area contributed by atoms with Gasteiger partial charge < -0.3 is 9.73 Å². The average molecular weight is 328 g/mol. The number of aryl methyl sites for hydroxylation is 1. The van der Waals surface area contributed by atoms with Crippen molar-refractivity contribution in [3.63, 3.8) is 0 Å². The minimum Gasteiger partial charge on any atom is -0.408 e. The van der Waals surface area contributed by atoms with Crippen LogP contribution < -0.4 is 11.1 Å². The lowest BCUT2D eigenvalue weighted by Gasteiger charge is -2.18. The van der Waals surface area contributed by atoms with Crippen LogP contribution in [0.2, 0.25) is 0 Å². The molecule has 126 valence electrons. The van der Waals surface area contributed by atoms with Crippen molar-refractivity contribution in [2.45, 2.75) is 32.9 Å². The number of nitrogens with zero attached hydrogens (tertiary/aromatic N) is 3. The van der Waals surface area contributed by atoms with Gasteiger partial charge in [-0.25, -0.2) is 4.79 Å². The molecule has 7 nitrogen and oxygen atoms in total. The summed E-state index contributed by atoms with van der Waals surface area (Å²) >= 11 is 0. The number of carbonyl (C=O) groups is 1. The fourth-order valence-electron chi connectivity index (χ4n) is 2.82. The molecule has 0 saturated carbocycles. The smallest absolute Gasteiger partial charge is 0.408 e. The normalized spacial score (nSPS) is 13.8. The van der Waals surface area contributed by atoms with E-state index in [9.17, 15) is 9.59 Å². The highest BCUT2D eigenvalue weighted by Gasteiger charge is 2.23. The Bertz CT molecular complexity index is 950. The molecule has 0 radical (unpaired) electrons. The van der Waals surface area contributed by atoms with Crippen LogP contribution in [0.4, 0.5) is 0 Å². The molecule has 0 aliphatic carbocycles. The Morgan fingerprint density at radius 2 is 2.00 bits per heavy atom. The Morgan fingerprint density at radius 1 is 1.29 bits per heavy atom. The molecule has 1 amide bonds. The number of rotatable bonds is 4. The lowest BCUT2D eigenvalue weighted by atomic mass is 10.1. The maximum Gasteiger partial charge on any atom is 0.420 e. The SMILES string of the molecule is Cc1c([C@@H](C)NC(=O)[C@@H](C)n2c(=O)oc3ccccc32)cnn1C. The zero-order chi connectivity index (χ0) is 17.4. The number of hydrogen-bond acceptors (Lipinski definition) is 4. The maximum atomic E-state index is 12.6. The van der Waals surface area contributed by atoms with E-state index in [0.717, 1.165) is 11.3 Å². The van der Waals surface area contributed by atoms with Crippen molar-refractivity contribution in [2.24, 2.45) is 7.05 Å². The van der Waals surface area contributed by atoms with Gasteiger partial charge >= 0.3 is 5.76 Å². The van der Waals surface area contributed by atoms with Crippen molar-refractivity contribution in [2.75, 3.05) is 0 Å². The first-order valence-corrected chi connectivity index (χ1v) is 7.79. The first-order chi connectivity index (χ1) is 11.4. The summed E-state index contributed by atoms with van der Waals surface area (Å²) < 4.78 is 8.32. The number of para-hydroxylation sites is 2. The van der Waals surface area contributed by atoms with E-state index in [0.29, 0.717) is 11.1 Å². The van der Waals surface area contributed by atoms with Crippen LogP contribution in [0, 0.1) is 6.92 Å². The van der Waals surface area contributed by atoms with Gasteiger partial charge in [0, 0.05) is 18.3 Å². The molecule has 1 aromatic carbocycles. The maximum absolute atomic E-state index is 12.6. The number of benzene rings is 1. The Hall–Kier alpha value is -2.83. The Balaban J connectivity index is 1.85. The summed E-state index contributed by atoms with van der Waals surface area (Å²) in [5.74, 6) is -0.788. The minimum absolute atomic E-state index is 0.206. The average Bonchev–Trinajstić information content (AvgIpc) is 3.06. The van der Waals surface area contributed by atoms with Gasteiger partial charge in [-0.15, -0.1) is 0 Å². The lowest BCUT2D eigenvalue weighted by Crippen LogP contribution is -2.36. The van der Waals surface area contributed by atoms with E-state index in [4.69, 9.17) is 4.42 Å². The number of hydrogen-bond donors (Lipinski definition) is 1. The number of amides is 1. The molecular weight excluding hydrogens is 308 g/mol. The van der Waals surface area contributed by atoms with Gasteiger partial charge in [0.25, 0.3) is 0 Å². The van der Waals surface area contributed by atoms with Crippen LogP contribution in [0.1, 0.15) is 37.2 Å². The van der Waals surface area contributed by atoms with Crippen LogP contribution in [0.3, 0.4) is 0 Å². The molecule has 2 aromatic heterocycles. The Kier molecular flexibility index (Phi) is 4.01. The quantitative estimate of drug-likeness (QED) is 0.795. The predicted molar refractivity (Wildman–Crippen MR) is 89.7 cm³/mol. The zero-order valence-corrected chi connectivity index (χ0v) is 14.1. The van der Waals surface area contributed by atoms with Gasteiger partial charge in [0.1, 0.15) is 6.04 Å². The standard InChI is InChI=1S/C17H20N4O3/c1-10(13-9-18-20(4)11(13)2)19-16(22)12(3)21-14-7-5-6-8-15(14)24-17(21)23/h5-10,12H,1-4H3,(H,19,22)/t10-,12-/m1/s1. The largest absolute Gasteiger partial charge is 0.420 e. The number of fused-ring (bicyclic) bond motifs is 1. The number of oxazole rings is 1. The molecule has 3 rings (SSSR count). The highest BCUT2D eigenvalue weighted by atomic mass is 16.4. The van der Waals surface area contributed by atoms with Crippen molar-refractivity contribution in [1.29, 1.82) is 0 Å². The van der Waals surface area contributed by atoms with Crippen LogP contribution in [0.25, 0.3) is 11.1 Å². The fraction of sp³-hybridized carbons (Fsp3) is 0.353. The van der Waals surface area contributed by atoms with Crippen molar-refractivity contribution in [1.82, 2.24) is 19.7 Å². The monoisotopic (exact) mass is 328 g/mol. The van der Waals surface area contributed by atoms with Crippen LogP contribution in [0.15, 0.2) is 39.7 Å². The summed E-state index contributed by atoms with van der Waals surface area (Å²) in [4.78, 5) is 24.7. The molecule has 3 aromatic rings. The first-order valence-electron chi connectivity index (χ1n) is 7.79. The molecular formula is C17H20N4O3. The highest BCUT2D eigenvalue weighted by molar-refractivity contribution is 5.83. The third-order valence-corrected chi connectivity index (χ3v) is 4.38. The minimum atomic E-state index is -0.680. The summed E-state index contributed by atoms with van der Waals surface area (Å²) in [5.41, 5.74) is 3.01. The molecule has 0 saturated heterocycles. The van der Waals surface area contributed by atoms with Gasteiger partial charge in [-0.3, -0.25) is 14.0 Å². The molecule has 7 heteroatoms. The highest BCUT2D eigenvalue weighted by Crippen LogP contribution is 2.19. The topological polar surface area (TPSA) is 82.1 Å². The van der Waals surface area contributed by atoms with Crippen LogP contribution >= 0.6 is 0 Å². The summed E-state index contributed by atoms with van der Waals surface area (Å²) in [6.07, 6.45) is 1.74.